The first-order valence-corrected chi connectivity index (χ1v) is 24.6. The molecule has 1 atom stereocenters. The van der Waals surface area contributed by atoms with Crippen LogP contribution in [0.1, 0.15) is 220 Å². The third kappa shape index (κ3) is 45.7. The number of esters is 3. The molecule has 0 aliphatic rings. The molecule has 0 aromatic heterocycles. The van der Waals surface area contributed by atoms with E-state index in [2.05, 4.69) is 106 Å². The first kappa shape index (κ1) is 56.6. The second-order valence-corrected chi connectivity index (χ2v) is 16.0. The molecular formula is C54H90O6. The lowest BCUT2D eigenvalue weighted by molar-refractivity contribution is -0.167. The normalized spacial score (nSPS) is 12.8. The van der Waals surface area contributed by atoms with Crippen molar-refractivity contribution in [3.63, 3.8) is 0 Å². The van der Waals surface area contributed by atoms with Gasteiger partial charge in [0, 0.05) is 19.3 Å². The molecule has 60 heavy (non-hydrogen) atoms. The Kier molecular flexibility index (Phi) is 45.5. The molecular weight excluding hydrogens is 745 g/mol. The van der Waals surface area contributed by atoms with Gasteiger partial charge in [-0.1, -0.05) is 183 Å². The average Bonchev–Trinajstić information content (AvgIpc) is 3.24. The molecule has 0 heterocycles. The van der Waals surface area contributed by atoms with E-state index in [1.165, 1.54) is 44.9 Å². The number of ether oxygens (including phenoxy) is 3. The van der Waals surface area contributed by atoms with Crippen molar-refractivity contribution in [1.29, 1.82) is 0 Å². The van der Waals surface area contributed by atoms with Gasteiger partial charge in [0.2, 0.25) is 0 Å². The molecule has 0 spiro atoms. The molecule has 0 aromatic carbocycles. The second-order valence-electron chi connectivity index (χ2n) is 16.0. The smallest absolute Gasteiger partial charge is 0.306 e. The van der Waals surface area contributed by atoms with E-state index in [1.807, 2.05) is 0 Å². The molecule has 0 amide bonds. The molecule has 0 aliphatic carbocycles. The van der Waals surface area contributed by atoms with Gasteiger partial charge in [-0.25, -0.2) is 0 Å². The highest BCUT2D eigenvalue weighted by Crippen LogP contribution is 2.13. The topological polar surface area (TPSA) is 78.9 Å². The minimum atomic E-state index is -0.804. The molecule has 6 nitrogen and oxygen atoms in total. The van der Waals surface area contributed by atoms with Crippen molar-refractivity contribution >= 4 is 17.9 Å². The summed E-state index contributed by atoms with van der Waals surface area (Å²) >= 11 is 0. The quantitative estimate of drug-likeness (QED) is 0.0200. The molecule has 0 fully saturated rings. The highest BCUT2D eigenvalue weighted by atomic mass is 16.6. The van der Waals surface area contributed by atoms with Crippen LogP contribution in [0.4, 0.5) is 0 Å². The maximum Gasteiger partial charge on any atom is 0.306 e. The van der Waals surface area contributed by atoms with Crippen molar-refractivity contribution < 1.29 is 28.6 Å². The van der Waals surface area contributed by atoms with Crippen LogP contribution in [0.15, 0.2) is 85.1 Å². The number of rotatable bonds is 43. The van der Waals surface area contributed by atoms with Crippen LogP contribution in [0.25, 0.3) is 0 Å². The summed E-state index contributed by atoms with van der Waals surface area (Å²) in [5.41, 5.74) is 0. The summed E-state index contributed by atoms with van der Waals surface area (Å²) in [7, 11) is 0. The zero-order chi connectivity index (χ0) is 43.7. The van der Waals surface area contributed by atoms with Gasteiger partial charge in [-0.3, -0.25) is 14.4 Å². The minimum absolute atomic E-state index is 0.103. The maximum atomic E-state index is 12.8. The largest absolute Gasteiger partial charge is 0.462 e. The number of carbonyl (C=O) groups excluding carboxylic acids is 3. The molecule has 0 aromatic rings. The predicted molar refractivity (Wildman–Crippen MR) is 256 cm³/mol. The minimum Gasteiger partial charge on any atom is -0.462 e. The Hall–Kier alpha value is -3.41. The second kappa shape index (κ2) is 48.3. The lowest BCUT2D eigenvalue weighted by Crippen LogP contribution is -2.30. The Labute approximate surface area is 369 Å². The molecule has 342 valence electrons. The van der Waals surface area contributed by atoms with E-state index in [0.29, 0.717) is 19.3 Å². The molecule has 0 saturated carbocycles. The zero-order valence-electron chi connectivity index (χ0n) is 38.9. The highest BCUT2D eigenvalue weighted by molar-refractivity contribution is 5.71. The van der Waals surface area contributed by atoms with Crippen LogP contribution < -0.4 is 0 Å². The van der Waals surface area contributed by atoms with Crippen LogP contribution in [0.2, 0.25) is 0 Å². The van der Waals surface area contributed by atoms with E-state index in [0.717, 1.165) is 135 Å². The number of carbonyl (C=O) groups is 3. The number of hydrogen-bond donors (Lipinski definition) is 0. The van der Waals surface area contributed by atoms with Crippen molar-refractivity contribution in [2.75, 3.05) is 13.2 Å². The molecule has 0 radical (unpaired) electrons. The summed E-state index contributed by atoms with van der Waals surface area (Å²) in [5.74, 6) is -0.970. The Bertz CT molecular complexity index is 1190. The van der Waals surface area contributed by atoms with Gasteiger partial charge in [0.25, 0.3) is 0 Å². The number of hydrogen-bond acceptors (Lipinski definition) is 6. The van der Waals surface area contributed by atoms with E-state index in [1.54, 1.807) is 0 Å². The van der Waals surface area contributed by atoms with Crippen molar-refractivity contribution in [2.45, 2.75) is 226 Å². The van der Waals surface area contributed by atoms with E-state index >= 15 is 0 Å². The van der Waals surface area contributed by atoms with E-state index in [9.17, 15) is 14.4 Å². The van der Waals surface area contributed by atoms with E-state index < -0.39 is 6.10 Å². The number of allylic oxidation sites excluding steroid dienone is 14. The Morgan fingerprint density at radius 1 is 0.367 bits per heavy atom. The van der Waals surface area contributed by atoms with E-state index in [4.69, 9.17) is 14.2 Å². The molecule has 0 bridgehead atoms. The van der Waals surface area contributed by atoms with Gasteiger partial charge in [-0.15, -0.1) is 0 Å². The van der Waals surface area contributed by atoms with Gasteiger partial charge in [0.05, 0.1) is 0 Å². The Balaban J connectivity index is 4.48. The van der Waals surface area contributed by atoms with Crippen molar-refractivity contribution in [3.8, 4) is 0 Å². The van der Waals surface area contributed by atoms with Crippen LogP contribution in [0.3, 0.4) is 0 Å². The first-order valence-electron chi connectivity index (χ1n) is 24.6. The maximum absolute atomic E-state index is 12.8. The summed E-state index contributed by atoms with van der Waals surface area (Å²) in [6.45, 7) is 6.34. The summed E-state index contributed by atoms with van der Waals surface area (Å²) in [4.78, 5) is 37.9. The third-order valence-electron chi connectivity index (χ3n) is 10.1. The lowest BCUT2D eigenvalue weighted by Gasteiger charge is -2.18. The van der Waals surface area contributed by atoms with Gasteiger partial charge in [0.15, 0.2) is 6.10 Å². The molecule has 0 rings (SSSR count). The SMILES string of the molecule is CC/C=C\C/C=C\C/C=C\CCCCCCC(=O)OC(COC(=O)CCCCC/C=C\C=C/CCCCCCCCC)COC(=O)CCCCCCC/C=C\C/C=C\CC. The monoisotopic (exact) mass is 835 g/mol. The van der Waals surface area contributed by atoms with Gasteiger partial charge in [-0.05, 0) is 103 Å². The van der Waals surface area contributed by atoms with E-state index in [-0.39, 0.29) is 31.1 Å². The Morgan fingerprint density at radius 3 is 1.13 bits per heavy atom. The Morgan fingerprint density at radius 2 is 0.700 bits per heavy atom. The van der Waals surface area contributed by atoms with Crippen LogP contribution in [0.5, 0.6) is 0 Å². The van der Waals surface area contributed by atoms with Crippen molar-refractivity contribution in [3.05, 3.63) is 85.1 Å². The summed E-state index contributed by atoms with van der Waals surface area (Å²) < 4.78 is 16.7. The summed E-state index contributed by atoms with van der Waals surface area (Å²) in [6.07, 6.45) is 61.4. The van der Waals surface area contributed by atoms with Crippen LogP contribution in [0, 0.1) is 0 Å². The first-order chi connectivity index (χ1) is 29.5. The standard InChI is InChI=1S/C54H90O6/c1-4-7-10-13-16-19-22-25-27-28-30-32-35-38-41-44-47-53(56)59-50-51(49-58-52(55)46-43-40-37-34-31-24-21-18-15-12-9-6-3)60-54(57)48-45-42-39-36-33-29-26-23-20-17-14-11-8-5-2/h8-9,11-12,17-18,20-21,26-30,32,51H,4-7,10,13-16,19,22-25,31,33-50H2,1-3H3/b11-8-,12-9-,20-17-,21-18-,28-27-,29-26-,32-30-. The summed E-state index contributed by atoms with van der Waals surface area (Å²) in [6, 6.07) is 0. The van der Waals surface area contributed by atoms with Crippen LogP contribution in [-0.4, -0.2) is 37.2 Å². The summed E-state index contributed by atoms with van der Waals surface area (Å²) in [5, 5.41) is 0. The molecule has 6 heteroatoms. The average molecular weight is 835 g/mol. The molecule has 0 saturated heterocycles. The molecule has 0 aliphatic heterocycles. The van der Waals surface area contributed by atoms with Crippen molar-refractivity contribution in [1.82, 2.24) is 0 Å². The van der Waals surface area contributed by atoms with Gasteiger partial charge < -0.3 is 14.2 Å². The predicted octanol–water partition coefficient (Wildman–Crippen LogP) is 16.0. The fourth-order valence-corrected chi connectivity index (χ4v) is 6.48. The highest BCUT2D eigenvalue weighted by Gasteiger charge is 2.19. The fourth-order valence-electron chi connectivity index (χ4n) is 6.48. The van der Waals surface area contributed by atoms with Crippen LogP contribution >= 0.6 is 0 Å². The molecule has 1 unspecified atom stereocenters. The van der Waals surface area contributed by atoms with Gasteiger partial charge in [-0.2, -0.15) is 0 Å². The third-order valence-corrected chi connectivity index (χ3v) is 10.1. The van der Waals surface area contributed by atoms with Gasteiger partial charge in [0.1, 0.15) is 13.2 Å². The van der Waals surface area contributed by atoms with Crippen molar-refractivity contribution in [2.24, 2.45) is 0 Å². The van der Waals surface area contributed by atoms with Crippen LogP contribution in [-0.2, 0) is 28.6 Å². The van der Waals surface area contributed by atoms with Gasteiger partial charge >= 0.3 is 17.9 Å². The zero-order valence-corrected chi connectivity index (χ0v) is 38.9. The lowest BCUT2D eigenvalue weighted by atomic mass is 10.1. The number of unbranched alkanes of at least 4 members (excludes halogenated alkanes) is 19. The molecule has 0 N–H and O–H groups in total. The fraction of sp³-hybridized carbons (Fsp3) is 0.685.